The van der Waals surface area contributed by atoms with Crippen LogP contribution in [0.25, 0.3) is 33.5 Å². The summed E-state index contributed by atoms with van der Waals surface area (Å²) in [5.41, 5.74) is -2.26. The Morgan fingerprint density at radius 1 is 0.788 bits per heavy atom. The highest BCUT2D eigenvalue weighted by Gasteiger charge is 2.53. The first-order valence-corrected chi connectivity index (χ1v) is 23.6. The highest BCUT2D eigenvalue weighted by atomic mass is 32.2. The molecule has 14 nitrogen and oxygen atoms in total. The molecule has 66 heavy (non-hydrogen) atoms. The molecule has 4 aliphatic heterocycles. The standard InChI is InChI=1S/C41H37F9N8O6S2/c1-19-7-23(36-25(44)3-2-4-26(36)45)40(32-12-34(53-64-32)57-14-29(48)30(15-57)55-65(59,60)18-42)52-38(19)20-8-27(46)37(28(47)9-20)24-10-21(43)13-51-39(24)31-11-35(54-63-31)58-16-33(41(49,50)17-58)56-66(61,62)22-5-6-22/h2-4,7-10,13,22,29-33,55-56H,5-6,11-12,14-18H2,1H3/t29-,30+,31?,32-,33+/m0/s1. The van der Waals surface area contributed by atoms with Crippen molar-refractivity contribution in [3.8, 4) is 33.5 Å². The van der Waals surface area contributed by atoms with Crippen LogP contribution >= 0.6 is 0 Å². The van der Waals surface area contributed by atoms with Crippen molar-refractivity contribution in [3.05, 3.63) is 94.7 Å². The van der Waals surface area contributed by atoms with E-state index >= 15 is 26.3 Å². The van der Waals surface area contributed by atoms with Gasteiger partial charge in [-0.15, -0.1) is 0 Å². The highest BCUT2D eigenvalue weighted by molar-refractivity contribution is 7.90. The molecular weight excluding hydrogens is 936 g/mol. The number of aryl methyl sites for hydroxylation is 1. The van der Waals surface area contributed by atoms with Gasteiger partial charge in [0.2, 0.25) is 26.1 Å². The van der Waals surface area contributed by atoms with Crippen molar-refractivity contribution in [2.45, 2.75) is 74.2 Å². The van der Waals surface area contributed by atoms with Crippen molar-refractivity contribution in [3.63, 3.8) is 0 Å². The lowest BCUT2D eigenvalue weighted by atomic mass is 9.93. The Bertz CT molecular complexity index is 2870. The Morgan fingerprint density at radius 3 is 2.03 bits per heavy atom. The number of hydrogen-bond donors (Lipinski definition) is 2. The summed E-state index contributed by atoms with van der Waals surface area (Å²) < 4.78 is 189. The van der Waals surface area contributed by atoms with E-state index in [2.05, 4.69) is 25.0 Å². The second-order valence-electron chi connectivity index (χ2n) is 16.6. The van der Waals surface area contributed by atoms with Crippen molar-refractivity contribution < 1.29 is 66.0 Å². The minimum atomic E-state index is -4.42. The van der Waals surface area contributed by atoms with Crippen LogP contribution in [-0.2, 0) is 29.7 Å². The number of nitrogens with one attached hydrogen (secondary N) is 2. The molecule has 5 atom stereocenters. The minimum Gasteiger partial charge on any atom is -0.384 e. The molecule has 9 rings (SSSR count). The summed E-state index contributed by atoms with van der Waals surface area (Å²) >= 11 is 0. The maximum absolute atomic E-state index is 16.4. The molecule has 1 aliphatic carbocycles. The number of benzene rings is 2. The fourth-order valence-corrected chi connectivity index (χ4v) is 10.9. The average molecular weight is 973 g/mol. The van der Waals surface area contributed by atoms with Gasteiger partial charge in [0.05, 0.1) is 71.6 Å². The van der Waals surface area contributed by atoms with Crippen LogP contribution in [0.1, 0.15) is 54.8 Å². The zero-order valence-corrected chi connectivity index (χ0v) is 35.9. The quantitative estimate of drug-likeness (QED) is 0.163. The van der Waals surface area contributed by atoms with Gasteiger partial charge in [-0.05, 0) is 61.7 Å². The number of rotatable bonds is 11. The van der Waals surface area contributed by atoms with Gasteiger partial charge < -0.3 is 19.5 Å². The van der Waals surface area contributed by atoms with E-state index in [1.54, 1.807) is 0 Å². The normalized spacial score (nSPS) is 24.1. The first-order valence-electron chi connectivity index (χ1n) is 20.4. The van der Waals surface area contributed by atoms with Crippen LogP contribution in [0, 0.1) is 36.0 Å². The predicted molar refractivity (Wildman–Crippen MR) is 218 cm³/mol. The fraction of sp³-hybridized carbons (Fsp3) is 0.415. The van der Waals surface area contributed by atoms with Gasteiger partial charge in [0.15, 0.2) is 12.2 Å². The molecule has 0 spiro atoms. The molecule has 2 saturated heterocycles. The number of alkyl halides is 4. The topological polar surface area (TPSA) is 168 Å². The van der Waals surface area contributed by atoms with Crippen LogP contribution in [0.5, 0.6) is 0 Å². The lowest BCUT2D eigenvalue weighted by Crippen LogP contribution is -2.47. The van der Waals surface area contributed by atoms with Gasteiger partial charge >= 0.3 is 0 Å². The molecule has 1 unspecified atom stereocenters. The number of pyridine rings is 2. The van der Waals surface area contributed by atoms with E-state index in [1.807, 2.05) is 4.72 Å². The van der Waals surface area contributed by atoms with Gasteiger partial charge in [-0.25, -0.2) is 70.8 Å². The highest BCUT2D eigenvalue weighted by Crippen LogP contribution is 2.43. The number of aromatic nitrogens is 2. The molecule has 3 fully saturated rings. The van der Waals surface area contributed by atoms with Crippen molar-refractivity contribution in [1.29, 1.82) is 0 Å². The van der Waals surface area contributed by atoms with Gasteiger partial charge in [-0.2, -0.15) is 0 Å². The number of halogens is 9. The lowest BCUT2D eigenvalue weighted by molar-refractivity contribution is -0.00129. The molecule has 25 heteroatoms. The van der Waals surface area contributed by atoms with Gasteiger partial charge in [0.1, 0.15) is 53.0 Å². The number of amidine groups is 2. The molecule has 0 amide bonds. The van der Waals surface area contributed by atoms with Crippen molar-refractivity contribution >= 4 is 31.7 Å². The van der Waals surface area contributed by atoms with Crippen LogP contribution in [0.2, 0.25) is 0 Å². The molecule has 0 radical (unpaired) electrons. The van der Waals surface area contributed by atoms with Crippen molar-refractivity contribution in [2.75, 3.05) is 32.2 Å². The Hall–Kier alpha value is -5.53. The summed E-state index contributed by atoms with van der Waals surface area (Å²) in [6.07, 6.45) is -3.21. The molecule has 352 valence electrons. The van der Waals surface area contributed by atoms with E-state index in [4.69, 9.17) is 9.68 Å². The summed E-state index contributed by atoms with van der Waals surface area (Å²) in [6, 6.07) is 2.16. The molecule has 0 bridgehead atoms. The monoisotopic (exact) mass is 972 g/mol. The van der Waals surface area contributed by atoms with E-state index < -0.39 is 127 Å². The summed E-state index contributed by atoms with van der Waals surface area (Å²) in [6.45, 7) is -0.539. The van der Waals surface area contributed by atoms with Crippen LogP contribution < -0.4 is 9.44 Å². The molecule has 5 aliphatic rings. The molecule has 2 aromatic carbocycles. The molecule has 1 saturated carbocycles. The van der Waals surface area contributed by atoms with Crippen molar-refractivity contribution in [1.82, 2.24) is 29.2 Å². The fourth-order valence-electron chi connectivity index (χ4n) is 8.52. The summed E-state index contributed by atoms with van der Waals surface area (Å²) in [4.78, 5) is 22.3. The average Bonchev–Trinajstić information content (AvgIpc) is 3.50. The number of sulfonamides is 2. The summed E-state index contributed by atoms with van der Waals surface area (Å²) in [5, 5.41) is 7.16. The van der Waals surface area contributed by atoms with E-state index in [9.17, 15) is 30.0 Å². The maximum atomic E-state index is 16.4. The van der Waals surface area contributed by atoms with Crippen LogP contribution in [0.15, 0.2) is 59.0 Å². The molecular formula is C41H37F9N8O6S2. The lowest BCUT2D eigenvalue weighted by Gasteiger charge is -2.20. The second kappa shape index (κ2) is 17.0. The SMILES string of the molecule is Cc1cc(-c2c(F)cccc2F)c([C@@H]2CC(N3C[C@H](F)[C@H](NS(=O)(=O)CF)C3)=NO2)nc1-c1cc(F)c(-c2cc(F)cnc2C2CC(N3C[C@@H](NS(=O)(=O)C4CC4)C(F)(F)C3)=NO2)c(F)c1. The first-order chi connectivity index (χ1) is 31.2. The molecule has 6 heterocycles. The Labute approximate surface area is 371 Å². The van der Waals surface area contributed by atoms with Crippen molar-refractivity contribution in [2.24, 2.45) is 10.3 Å². The molecule has 2 aromatic heterocycles. The van der Waals surface area contributed by atoms with E-state index in [1.165, 1.54) is 17.9 Å². The third-order valence-electron chi connectivity index (χ3n) is 11.9. The Balaban J connectivity index is 1.00. The zero-order chi connectivity index (χ0) is 47.0. The number of hydrogen-bond acceptors (Lipinski definition) is 12. The maximum Gasteiger partial charge on any atom is 0.282 e. The summed E-state index contributed by atoms with van der Waals surface area (Å²) in [7, 11) is -8.39. The van der Waals surface area contributed by atoms with Gasteiger partial charge in [-0.1, -0.05) is 16.4 Å². The van der Waals surface area contributed by atoms with E-state index in [0.717, 1.165) is 47.5 Å². The van der Waals surface area contributed by atoms with E-state index in [-0.39, 0.29) is 71.4 Å². The predicted octanol–water partition coefficient (Wildman–Crippen LogP) is 6.30. The van der Waals surface area contributed by atoms with Crippen LogP contribution in [0.4, 0.5) is 39.5 Å². The smallest absolute Gasteiger partial charge is 0.282 e. The van der Waals surface area contributed by atoms with Gasteiger partial charge in [0, 0.05) is 29.8 Å². The third kappa shape index (κ3) is 8.76. The van der Waals surface area contributed by atoms with E-state index in [0.29, 0.717) is 12.8 Å². The summed E-state index contributed by atoms with van der Waals surface area (Å²) in [5.74, 6) is -8.89. The van der Waals surface area contributed by atoms with Gasteiger partial charge in [-0.3, -0.25) is 4.98 Å². The second-order valence-corrected chi connectivity index (χ2v) is 20.3. The first kappa shape index (κ1) is 45.6. The number of oxime groups is 2. The number of likely N-dealkylation sites (tertiary alicyclic amines) is 2. The van der Waals surface area contributed by atoms with Gasteiger partial charge in [0.25, 0.3) is 5.92 Å². The largest absolute Gasteiger partial charge is 0.384 e. The molecule has 2 N–H and O–H groups in total. The van der Waals surface area contributed by atoms with Crippen LogP contribution in [-0.4, -0.2) is 110 Å². The Morgan fingerprint density at radius 2 is 1.39 bits per heavy atom. The van der Waals surface area contributed by atoms with Crippen LogP contribution in [0.3, 0.4) is 0 Å². The zero-order valence-electron chi connectivity index (χ0n) is 34.3. The number of nitrogens with zero attached hydrogens (tertiary/aromatic N) is 6. The third-order valence-corrected chi connectivity index (χ3v) is 14.8. The molecule has 4 aromatic rings. The minimum absolute atomic E-state index is 0.0294. The Kier molecular flexibility index (Phi) is 11.7.